The standard InChI is InChI=1S/C12H14N2OS/c1-8-3-4-11(15-2)9(5-8)12(13)10-6-16-7-14-10/h3-7,12H,13H2,1-2H3. The van der Waals surface area contributed by atoms with Crippen molar-refractivity contribution >= 4 is 11.3 Å². The van der Waals surface area contributed by atoms with Gasteiger partial charge in [-0.1, -0.05) is 17.7 Å². The summed E-state index contributed by atoms with van der Waals surface area (Å²) in [6, 6.07) is 5.77. The molecular formula is C12H14N2OS. The van der Waals surface area contributed by atoms with Gasteiger partial charge in [0.15, 0.2) is 0 Å². The van der Waals surface area contributed by atoms with Crippen molar-refractivity contribution in [3.63, 3.8) is 0 Å². The lowest BCUT2D eigenvalue weighted by Crippen LogP contribution is -2.13. The first-order valence-corrected chi connectivity index (χ1v) is 5.95. The van der Waals surface area contributed by atoms with Gasteiger partial charge in [-0.25, -0.2) is 4.98 Å². The Kier molecular flexibility index (Phi) is 3.22. The molecule has 3 nitrogen and oxygen atoms in total. The highest BCUT2D eigenvalue weighted by atomic mass is 32.1. The molecule has 0 bridgehead atoms. The van der Waals surface area contributed by atoms with E-state index >= 15 is 0 Å². The number of methoxy groups -OCH3 is 1. The van der Waals surface area contributed by atoms with Crippen LogP contribution in [0.25, 0.3) is 0 Å². The summed E-state index contributed by atoms with van der Waals surface area (Å²) in [6.07, 6.45) is 0. The third-order valence-corrected chi connectivity index (χ3v) is 3.10. The average Bonchev–Trinajstić information content (AvgIpc) is 2.81. The molecular weight excluding hydrogens is 220 g/mol. The Morgan fingerprint density at radius 2 is 2.25 bits per heavy atom. The Hall–Kier alpha value is -1.39. The molecule has 0 aliphatic carbocycles. The molecule has 0 amide bonds. The van der Waals surface area contributed by atoms with Crippen LogP contribution in [-0.2, 0) is 0 Å². The molecule has 1 unspecified atom stereocenters. The molecule has 2 rings (SSSR count). The summed E-state index contributed by atoms with van der Waals surface area (Å²) < 4.78 is 5.32. The number of ether oxygens (including phenoxy) is 1. The van der Waals surface area contributed by atoms with E-state index in [2.05, 4.69) is 4.98 Å². The number of hydrogen-bond acceptors (Lipinski definition) is 4. The molecule has 1 aromatic heterocycles. The second kappa shape index (κ2) is 4.63. The van der Waals surface area contributed by atoms with E-state index in [0.29, 0.717) is 0 Å². The lowest BCUT2D eigenvalue weighted by atomic mass is 10.0. The van der Waals surface area contributed by atoms with E-state index in [0.717, 1.165) is 17.0 Å². The van der Waals surface area contributed by atoms with Gasteiger partial charge in [-0.05, 0) is 13.0 Å². The third kappa shape index (κ3) is 2.08. The molecule has 0 saturated heterocycles. The van der Waals surface area contributed by atoms with Crippen LogP contribution in [0.3, 0.4) is 0 Å². The van der Waals surface area contributed by atoms with Gasteiger partial charge in [0.2, 0.25) is 0 Å². The van der Waals surface area contributed by atoms with Gasteiger partial charge in [-0.15, -0.1) is 11.3 Å². The van der Waals surface area contributed by atoms with Gasteiger partial charge in [0.25, 0.3) is 0 Å². The van der Waals surface area contributed by atoms with Crippen molar-refractivity contribution in [1.29, 1.82) is 0 Å². The van der Waals surface area contributed by atoms with Crippen LogP contribution in [0.1, 0.15) is 22.9 Å². The molecule has 4 heteroatoms. The van der Waals surface area contributed by atoms with Gasteiger partial charge in [0.1, 0.15) is 5.75 Å². The van der Waals surface area contributed by atoms with Crippen LogP contribution in [0.5, 0.6) is 5.75 Å². The molecule has 84 valence electrons. The smallest absolute Gasteiger partial charge is 0.124 e. The first-order chi connectivity index (χ1) is 7.72. The lowest BCUT2D eigenvalue weighted by molar-refractivity contribution is 0.407. The van der Waals surface area contributed by atoms with E-state index in [-0.39, 0.29) is 6.04 Å². The molecule has 1 heterocycles. The van der Waals surface area contributed by atoms with Crippen molar-refractivity contribution in [3.8, 4) is 5.75 Å². The zero-order chi connectivity index (χ0) is 11.5. The number of hydrogen-bond donors (Lipinski definition) is 1. The lowest BCUT2D eigenvalue weighted by Gasteiger charge is -2.14. The summed E-state index contributed by atoms with van der Waals surface area (Å²) in [5, 5.41) is 1.96. The first-order valence-electron chi connectivity index (χ1n) is 5.00. The zero-order valence-electron chi connectivity index (χ0n) is 9.31. The van der Waals surface area contributed by atoms with Crippen LogP contribution >= 0.6 is 11.3 Å². The van der Waals surface area contributed by atoms with Gasteiger partial charge in [0, 0.05) is 10.9 Å². The molecule has 16 heavy (non-hydrogen) atoms. The highest BCUT2D eigenvalue weighted by Gasteiger charge is 2.15. The summed E-state index contributed by atoms with van der Waals surface area (Å²) in [5.74, 6) is 0.811. The number of nitrogens with zero attached hydrogens (tertiary/aromatic N) is 1. The SMILES string of the molecule is COc1ccc(C)cc1C(N)c1cscn1. The van der Waals surface area contributed by atoms with Gasteiger partial charge >= 0.3 is 0 Å². The third-order valence-electron chi connectivity index (χ3n) is 2.49. The van der Waals surface area contributed by atoms with Crippen LogP contribution in [-0.4, -0.2) is 12.1 Å². The summed E-state index contributed by atoms with van der Waals surface area (Å²) in [6.45, 7) is 2.04. The topological polar surface area (TPSA) is 48.1 Å². The minimum Gasteiger partial charge on any atom is -0.496 e. The Morgan fingerprint density at radius 3 is 2.88 bits per heavy atom. The molecule has 0 saturated carbocycles. The fourth-order valence-corrected chi connectivity index (χ4v) is 2.22. The number of benzene rings is 1. The molecule has 1 aromatic carbocycles. The summed E-state index contributed by atoms with van der Waals surface area (Å²) in [7, 11) is 1.65. The average molecular weight is 234 g/mol. The number of thiazole rings is 1. The number of rotatable bonds is 3. The van der Waals surface area contributed by atoms with Crippen molar-refractivity contribution in [2.45, 2.75) is 13.0 Å². The molecule has 2 N–H and O–H groups in total. The van der Waals surface area contributed by atoms with E-state index < -0.39 is 0 Å². The van der Waals surface area contributed by atoms with Gasteiger partial charge < -0.3 is 10.5 Å². The maximum Gasteiger partial charge on any atom is 0.124 e. The Morgan fingerprint density at radius 1 is 1.44 bits per heavy atom. The van der Waals surface area contributed by atoms with Crippen LogP contribution in [0.2, 0.25) is 0 Å². The maximum atomic E-state index is 6.17. The van der Waals surface area contributed by atoms with E-state index in [1.54, 1.807) is 24.0 Å². The predicted octanol–water partition coefficient (Wildman–Crippen LogP) is 2.51. The molecule has 0 spiro atoms. The van der Waals surface area contributed by atoms with Gasteiger partial charge in [-0.3, -0.25) is 0 Å². The minimum absolute atomic E-state index is 0.221. The van der Waals surface area contributed by atoms with Crippen molar-refractivity contribution in [2.24, 2.45) is 5.73 Å². The monoisotopic (exact) mass is 234 g/mol. The van der Waals surface area contributed by atoms with Crippen molar-refractivity contribution in [1.82, 2.24) is 4.98 Å². The van der Waals surface area contributed by atoms with E-state index in [9.17, 15) is 0 Å². The fourth-order valence-electron chi connectivity index (χ4n) is 1.63. The predicted molar refractivity (Wildman–Crippen MR) is 65.9 cm³/mol. The molecule has 0 aliphatic heterocycles. The molecule has 2 aromatic rings. The fraction of sp³-hybridized carbons (Fsp3) is 0.250. The second-order valence-electron chi connectivity index (χ2n) is 3.64. The Bertz CT molecular complexity index is 468. The van der Waals surface area contributed by atoms with Crippen molar-refractivity contribution in [2.75, 3.05) is 7.11 Å². The minimum atomic E-state index is -0.221. The van der Waals surface area contributed by atoms with E-state index in [1.165, 1.54) is 5.56 Å². The van der Waals surface area contributed by atoms with Gasteiger partial charge in [0.05, 0.1) is 24.4 Å². The first kappa shape index (κ1) is 11.1. The van der Waals surface area contributed by atoms with Crippen molar-refractivity contribution in [3.05, 3.63) is 45.9 Å². The zero-order valence-corrected chi connectivity index (χ0v) is 10.1. The number of aromatic nitrogens is 1. The maximum absolute atomic E-state index is 6.17. The van der Waals surface area contributed by atoms with Crippen LogP contribution in [0.15, 0.2) is 29.1 Å². The van der Waals surface area contributed by atoms with Crippen molar-refractivity contribution < 1.29 is 4.74 Å². The van der Waals surface area contributed by atoms with E-state index in [1.807, 2.05) is 30.5 Å². The molecule has 1 atom stereocenters. The summed E-state index contributed by atoms with van der Waals surface area (Å²) in [4.78, 5) is 4.24. The highest BCUT2D eigenvalue weighted by molar-refractivity contribution is 7.07. The Balaban J connectivity index is 2.42. The van der Waals surface area contributed by atoms with Crippen LogP contribution < -0.4 is 10.5 Å². The number of aryl methyl sites for hydroxylation is 1. The van der Waals surface area contributed by atoms with Gasteiger partial charge in [-0.2, -0.15) is 0 Å². The highest BCUT2D eigenvalue weighted by Crippen LogP contribution is 2.28. The second-order valence-corrected chi connectivity index (χ2v) is 4.36. The normalized spacial score (nSPS) is 12.4. The summed E-state index contributed by atoms with van der Waals surface area (Å²) >= 11 is 1.55. The number of nitrogens with two attached hydrogens (primary N) is 1. The largest absolute Gasteiger partial charge is 0.496 e. The quantitative estimate of drug-likeness (QED) is 0.887. The summed E-state index contributed by atoms with van der Waals surface area (Å²) in [5.41, 5.74) is 11.0. The van der Waals surface area contributed by atoms with Crippen LogP contribution in [0.4, 0.5) is 0 Å². The molecule has 0 radical (unpaired) electrons. The molecule has 0 fully saturated rings. The van der Waals surface area contributed by atoms with Crippen LogP contribution in [0, 0.1) is 6.92 Å². The Labute approximate surface area is 98.9 Å². The van der Waals surface area contributed by atoms with E-state index in [4.69, 9.17) is 10.5 Å². The molecule has 0 aliphatic rings.